The number of amides is 1. The lowest BCUT2D eigenvalue weighted by Gasteiger charge is -2.44. The number of carbonyl (C=O) groups excluding carboxylic acids is 1. The molecule has 1 aromatic heterocycles. The van der Waals surface area contributed by atoms with E-state index in [0.29, 0.717) is 16.5 Å². The van der Waals surface area contributed by atoms with Crippen molar-refractivity contribution in [3.8, 4) is 0 Å². The number of nitrogens with zero attached hydrogens (tertiary/aromatic N) is 2. The van der Waals surface area contributed by atoms with Crippen molar-refractivity contribution in [2.24, 2.45) is 0 Å². The fourth-order valence-corrected chi connectivity index (χ4v) is 3.79. The lowest BCUT2D eigenvalue weighted by molar-refractivity contribution is -0.382. The Labute approximate surface area is 134 Å². The normalized spacial score (nSPS) is 28.0. The van der Waals surface area contributed by atoms with Crippen LogP contribution in [-0.4, -0.2) is 45.3 Å². The molecule has 3 atom stereocenters. The van der Waals surface area contributed by atoms with Crippen LogP contribution in [0.2, 0.25) is 0 Å². The zero-order valence-corrected chi connectivity index (χ0v) is 12.9. The van der Waals surface area contributed by atoms with Gasteiger partial charge in [0.25, 0.3) is 5.69 Å². The number of ether oxygens (including phenoxy) is 1. The van der Waals surface area contributed by atoms with Gasteiger partial charge in [0.15, 0.2) is 6.23 Å². The molecule has 8 nitrogen and oxygen atoms in total. The molecule has 3 rings (SSSR count). The molecule has 3 unspecified atom stereocenters. The molecule has 1 aliphatic heterocycles. The number of aliphatic hydroxyl groups excluding tert-OH is 1. The third-order valence-electron chi connectivity index (χ3n) is 3.88. The predicted octanol–water partition coefficient (Wildman–Crippen LogP) is 1.15. The number of hydrogen-bond donors (Lipinski definition) is 2. The van der Waals surface area contributed by atoms with Crippen molar-refractivity contribution in [2.45, 2.75) is 25.0 Å². The number of thiophene rings is 1. The third kappa shape index (κ3) is 2.38. The van der Waals surface area contributed by atoms with Crippen molar-refractivity contribution >= 4 is 33.5 Å². The minimum absolute atomic E-state index is 0.0304. The number of morpholine rings is 1. The maximum absolute atomic E-state index is 11.1. The number of carbonyl (C=O) groups is 1. The number of aliphatic hydroxyl groups is 2. The number of rotatable bonds is 3. The van der Waals surface area contributed by atoms with E-state index < -0.39 is 23.0 Å². The lowest BCUT2D eigenvalue weighted by Crippen LogP contribution is -2.60. The molecule has 0 bridgehead atoms. The van der Waals surface area contributed by atoms with Gasteiger partial charge in [-0.1, -0.05) is 12.1 Å². The van der Waals surface area contributed by atoms with Gasteiger partial charge in [-0.05, 0) is 18.4 Å². The maximum Gasteiger partial charge on any atom is 0.287 e. The Balaban J connectivity index is 2.10. The number of non-ortho nitro benzene ring substituents is 1. The van der Waals surface area contributed by atoms with E-state index in [4.69, 9.17) is 4.74 Å². The van der Waals surface area contributed by atoms with E-state index in [9.17, 15) is 25.1 Å². The highest BCUT2D eigenvalue weighted by Gasteiger charge is 2.49. The average Bonchev–Trinajstić information content (AvgIpc) is 2.96. The summed E-state index contributed by atoms with van der Waals surface area (Å²) in [5, 5.41) is 32.7. The van der Waals surface area contributed by atoms with Crippen LogP contribution in [0.5, 0.6) is 0 Å². The van der Waals surface area contributed by atoms with Crippen molar-refractivity contribution in [1.82, 2.24) is 4.90 Å². The smallest absolute Gasteiger partial charge is 0.287 e. The van der Waals surface area contributed by atoms with Gasteiger partial charge in [-0.3, -0.25) is 14.9 Å². The minimum Gasteiger partial charge on any atom is -0.368 e. The minimum atomic E-state index is -2.12. The molecule has 1 aliphatic rings. The topological polar surface area (TPSA) is 113 Å². The fraction of sp³-hybridized carbons (Fsp3) is 0.357. The number of benzene rings is 1. The molecule has 0 radical (unpaired) electrons. The first kappa shape index (κ1) is 15.8. The molecule has 1 fully saturated rings. The summed E-state index contributed by atoms with van der Waals surface area (Å²) in [6, 6.07) is 5.70. The highest BCUT2D eigenvalue weighted by Crippen LogP contribution is 2.42. The van der Waals surface area contributed by atoms with E-state index in [-0.39, 0.29) is 17.2 Å². The Bertz CT molecular complexity index is 778. The van der Waals surface area contributed by atoms with Gasteiger partial charge in [-0.25, -0.2) is 0 Å². The molecule has 1 saturated heterocycles. The Kier molecular flexibility index (Phi) is 3.80. The molecule has 2 N–H and O–H groups in total. The zero-order valence-electron chi connectivity index (χ0n) is 12.1. The summed E-state index contributed by atoms with van der Waals surface area (Å²) in [6.07, 6.45) is -1.16. The quantitative estimate of drug-likeness (QED) is 0.493. The van der Waals surface area contributed by atoms with Crippen LogP contribution in [0.15, 0.2) is 24.3 Å². The molecule has 1 aromatic carbocycles. The number of nitro benzene ring substituents is 1. The molecule has 0 spiro atoms. The molecule has 23 heavy (non-hydrogen) atoms. The molecule has 0 aliphatic carbocycles. The Hall–Kier alpha value is -2.07. The second kappa shape index (κ2) is 5.53. The average molecular weight is 338 g/mol. The first-order valence-electron chi connectivity index (χ1n) is 6.83. The molecular formula is C14H14N2O6S. The molecule has 122 valence electrons. The second-order valence-electron chi connectivity index (χ2n) is 5.35. The summed E-state index contributed by atoms with van der Waals surface area (Å²) in [5.74, 6) is -2.12. The van der Waals surface area contributed by atoms with Gasteiger partial charge in [0.2, 0.25) is 12.2 Å². The monoisotopic (exact) mass is 338 g/mol. The molecule has 9 heteroatoms. The molecule has 0 saturated carbocycles. The van der Waals surface area contributed by atoms with E-state index >= 15 is 0 Å². The van der Waals surface area contributed by atoms with Crippen LogP contribution in [0.1, 0.15) is 11.8 Å². The van der Waals surface area contributed by atoms with Gasteiger partial charge < -0.3 is 19.8 Å². The zero-order chi connectivity index (χ0) is 16.8. The maximum atomic E-state index is 11.1. The summed E-state index contributed by atoms with van der Waals surface area (Å²) in [4.78, 5) is 23.0. The van der Waals surface area contributed by atoms with E-state index in [1.807, 2.05) is 0 Å². The van der Waals surface area contributed by atoms with E-state index in [1.54, 1.807) is 19.1 Å². The van der Waals surface area contributed by atoms with Gasteiger partial charge in [0.05, 0.1) is 22.4 Å². The number of nitro groups is 1. The third-order valence-corrected chi connectivity index (χ3v) is 5.16. The van der Waals surface area contributed by atoms with Crippen molar-refractivity contribution in [2.75, 3.05) is 6.61 Å². The largest absolute Gasteiger partial charge is 0.368 e. The van der Waals surface area contributed by atoms with Crippen molar-refractivity contribution < 1.29 is 24.7 Å². The highest BCUT2D eigenvalue weighted by molar-refractivity contribution is 7.19. The van der Waals surface area contributed by atoms with Crippen LogP contribution in [0.25, 0.3) is 10.1 Å². The van der Waals surface area contributed by atoms with Gasteiger partial charge in [0.1, 0.15) is 4.70 Å². The fourth-order valence-electron chi connectivity index (χ4n) is 2.58. The molecule has 2 aromatic rings. The second-order valence-corrected chi connectivity index (χ2v) is 6.40. The lowest BCUT2D eigenvalue weighted by atomic mass is 10.1. The molecule has 2 heterocycles. The Morgan fingerprint density at radius 2 is 2.30 bits per heavy atom. The predicted molar refractivity (Wildman–Crippen MR) is 81.7 cm³/mol. The number of fused-ring (bicyclic) bond motifs is 1. The highest BCUT2D eigenvalue weighted by atomic mass is 32.1. The van der Waals surface area contributed by atoms with E-state index in [0.717, 1.165) is 16.2 Å². The molecule has 1 amide bonds. The van der Waals surface area contributed by atoms with Gasteiger partial charge >= 0.3 is 0 Å². The SMILES string of the molecule is CC1COC(O)(c2cc3cccc([N+](=O)[O-])c3s2)C(O)N1C=O. The van der Waals surface area contributed by atoms with Gasteiger partial charge in [-0.2, -0.15) is 0 Å². The van der Waals surface area contributed by atoms with Crippen LogP contribution in [0, 0.1) is 10.1 Å². The van der Waals surface area contributed by atoms with Crippen LogP contribution in [-0.2, 0) is 15.3 Å². The van der Waals surface area contributed by atoms with Crippen molar-refractivity contribution in [3.63, 3.8) is 0 Å². The van der Waals surface area contributed by atoms with Crippen LogP contribution < -0.4 is 0 Å². The number of hydrogen-bond acceptors (Lipinski definition) is 7. The summed E-state index contributed by atoms with van der Waals surface area (Å²) < 4.78 is 5.75. The molecular weight excluding hydrogens is 324 g/mol. The first-order valence-corrected chi connectivity index (χ1v) is 7.64. The summed E-state index contributed by atoms with van der Waals surface area (Å²) >= 11 is 0.956. The van der Waals surface area contributed by atoms with Crippen LogP contribution in [0.3, 0.4) is 0 Å². The van der Waals surface area contributed by atoms with E-state index in [2.05, 4.69) is 0 Å². The van der Waals surface area contributed by atoms with Crippen molar-refractivity contribution in [1.29, 1.82) is 0 Å². The summed E-state index contributed by atoms with van der Waals surface area (Å²) in [7, 11) is 0. The summed E-state index contributed by atoms with van der Waals surface area (Å²) in [6.45, 7) is 1.70. The van der Waals surface area contributed by atoms with E-state index in [1.165, 1.54) is 12.1 Å². The first-order chi connectivity index (χ1) is 10.9. The van der Waals surface area contributed by atoms with Crippen molar-refractivity contribution in [3.05, 3.63) is 39.3 Å². The van der Waals surface area contributed by atoms with Crippen LogP contribution in [0.4, 0.5) is 5.69 Å². The summed E-state index contributed by atoms with van der Waals surface area (Å²) in [5.41, 5.74) is -0.0896. The standard InChI is InChI=1S/C14H14N2O6S/c1-8-6-22-14(19,13(18)15(8)7-17)11-5-9-3-2-4-10(16(20)21)12(9)23-11/h2-5,7-8,13,18-19H,6H2,1H3. The Morgan fingerprint density at radius 1 is 1.57 bits per heavy atom. The van der Waals surface area contributed by atoms with Crippen LogP contribution >= 0.6 is 11.3 Å². The Morgan fingerprint density at radius 3 is 2.96 bits per heavy atom. The van der Waals surface area contributed by atoms with Gasteiger partial charge in [-0.15, -0.1) is 11.3 Å². The van der Waals surface area contributed by atoms with Gasteiger partial charge in [0, 0.05) is 6.07 Å².